The van der Waals surface area contributed by atoms with Gasteiger partial charge >= 0.3 is 0 Å². The van der Waals surface area contributed by atoms with Gasteiger partial charge in [0.15, 0.2) is 16.7 Å². The summed E-state index contributed by atoms with van der Waals surface area (Å²) in [7, 11) is 0. The van der Waals surface area contributed by atoms with Crippen molar-refractivity contribution in [2.45, 2.75) is 24.7 Å². The first kappa shape index (κ1) is 17.0. The van der Waals surface area contributed by atoms with E-state index >= 15 is 0 Å². The second-order valence-electron chi connectivity index (χ2n) is 6.63. The third-order valence-electron chi connectivity index (χ3n) is 4.90. The molecule has 4 heterocycles. The Morgan fingerprint density at radius 1 is 1.19 bits per heavy atom. The predicted molar refractivity (Wildman–Crippen MR) is 105 cm³/mol. The second-order valence-corrected chi connectivity index (χ2v) is 7.76. The molecule has 0 saturated carbocycles. The summed E-state index contributed by atoms with van der Waals surface area (Å²) in [6.07, 6.45) is 4.86. The molecule has 0 spiro atoms. The normalized spacial score (nSPS) is 15.9. The monoisotopic (exact) mass is 400 g/mol. The summed E-state index contributed by atoms with van der Waals surface area (Å²) in [5.41, 5.74) is 4.16. The lowest BCUT2D eigenvalue weighted by Crippen LogP contribution is -2.31. The van der Waals surface area contributed by atoms with Gasteiger partial charge in [0.05, 0.1) is 11.2 Å². The molecule has 0 radical (unpaired) electrons. The quantitative estimate of drug-likeness (QED) is 0.377. The van der Waals surface area contributed by atoms with Crippen molar-refractivity contribution in [3.8, 4) is 11.5 Å². The van der Waals surface area contributed by atoms with Crippen LogP contribution in [0.1, 0.15) is 16.8 Å². The smallest absolute Gasteiger partial charge is 0.231 e. The summed E-state index contributed by atoms with van der Waals surface area (Å²) in [4.78, 5) is 15.9. The van der Waals surface area contributed by atoms with Gasteiger partial charge in [0.2, 0.25) is 6.79 Å². The molecule has 27 heavy (non-hydrogen) atoms. The highest BCUT2D eigenvalue weighted by molar-refractivity contribution is 7.98. The fourth-order valence-corrected chi connectivity index (χ4v) is 4.09. The first-order valence-electron chi connectivity index (χ1n) is 8.69. The van der Waals surface area contributed by atoms with E-state index < -0.39 is 0 Å². The lowest BCUT2D eigenvalue weighted by molar-refractivity contribution is 0.174. The maximum atomic E-state index is 6.48. The molecule has 0 atom stereocenters. The van der Waals surface area contributed by atoms with Gasteiger partial charge < -0.3 is 9.47 Å². The van der Waals surface area contributed by atoms with Gasteiger partial charge in [0.25, 0.3) is 0 Å². The van der Waals surface area contributed by atoms with Gasteiger partial charge in [0.1, 0.15) is 5.15 Å². The number of benzene rings is 1. The molecule has 0 saturated heterocycles. The van der Waals surface area contributed by atoms with Crippen molar-refractivity contribution < 1.29 is 9.47 Å². The number of thioether (sulfide) groups is 1. The number of fused-ring (bicyclic) bond motifs is 3. The van der Waals surface area contributed by atoms with Crippen LogP contribution in [-0.2, 0) is 19.5 Å². The van der Waals surface area contributed by atoms with Crippen LogP contribution in [0.15, 0.2) is 29.6 Å². The van der Waals surface area contributed by atoms with Crippen LogP contribution in [0.25, 0.3) is 10.9 Å². The summed E-state index contributed by atoms with van der Waals surface area (Å²) < 4.78 is 10.9. The van der Waals surface area contributed by atoms with E-state index in [1.165, 1.54) is 5.56 Å². The molecule has 1 aromatic carbocycles. The minimum Gasteiger partial charge on any atom is -0.454 e. The molecular formula is C19H17ClN4O2S. The van der Waals surface area contributed by atoms with E-state index in [4.69, 9.17) is 21.1 Å². The van der Waals surface area contributed by atoms with Crippen molar-refractivity contribution in [3.05, 3.63) is 46.4 Å². The average molecular weight is 401 g/mol. The van der Waals surface area contributed by atoms with Crippen LogP contribution < -0.4 is 9.47 Å². The Kier molecular flexibility index (Phi) is 4.30. The highest BCUT2D eigenvalue weighted by Gasteiger charge is 2.21. The molecule has 2 aliphatic heterocycles. The van der Waals surface area contributed by atoms with Gasteiger partial charge in [-0.2, -0.15) is 0 Å². The summed E-state index contributed by atoms with van der Waals surface area (Å²) in [6, 6.07) is 5.94. The van der Waals surface area contributed by atoms with E-state index in [1.807, 2.05) is 24.6 Å². The Morgan fingerprint density at radius 2 is 2.04 bits per heavy atom. The van der Waals surface area contributed by atoms with E-state index in [2.05, 4.69) is 25.9 Å². The van der Waals surface area contributed by atoms with Crippen molar-refractivity contribution in [1.29, 1.82) is 0 Å². The highest BCUT2D eigenvalue weighted by atomic mass is 35.5. The van der Waals surface area contributed by atoms with E-state index in [1.54, 1.807) is 11.8 Å². The maximum absolute atomic E-state index is 6.48. The number of rotatable bonds is 3. The van der Waals surface area contributed by atoms with Crippen LogP contribution in [0.5, 0.6) is 11.5 Å². The molecule has 0 bridgehead atoms. The minimum absolute atomic E-state index is 0.250. The third-order valence-corrected chi connectivity index (χ3v) is 5.79. The number of aromatic nitrogens is 3. The summed E-state index contributed by atoms with van der Waals surface area (Å²) in [6.45, 7) is 2.74. The third kappa shape index (κ3) is 3.20. The van der Waals surface area contributed by atoms with Gasteiger partial charge in [-0.05, 0) is 18.4 Å². The van der Waals surface area contributed by atoms with Crippen molar-refractivity contribution in [2.75, 3.05) is 19.6 Å². The van der Waals surface area contributed by atoms with Crippen LogP contribution >= 0.6 is 23.4 Å². The topological polar surface area (TPSA) is 60.4 Å². The van der Waals surface area contributed by atoms with Gasteiger partial charge in [-0.1, -0.05) is 23.4 Å². The number of nitrogens with zero attached hydrogens (tertiary/aromatic N) is 4. The molecule has 0 N–H and O–H groups in total. The maximum Gasteiger partial charge on any atom is 0.231 e. The summed E-state index contributed by atoms with van der Waals surface area (Å²) in [5, 5.41) is 2.37. The Morgan fingerprint density at radius 3 is 2.89 bits per heavy atom. The van der Waals surface area contributed by atoms with Crippen molar-refractivity contribution in [3.63, 3.8) is 0 Å². The molecular weight excluding hydrogens is 384 g/mol. The lowest BCUT2D eigenvalue weighted by Gasteiger charge is -2.28. The molecule has 2 aliphatic rings. The second kappa shape index (κ2) is 6.82. The van der Waals surface area contributed by atoms with Gasteiger partial charge in [-0.15, -0.1) is 0 Å². The number of ether oxygens (including phenoxy) is 2. The first-order valence-corrected chi connectivity index (χ1v) is 10.3. The molecule has 0 amide bonds. The van der Waals surface area contributed by atoms with E-state index in [0.717, 1.165) is 64.9 Å². The van der Waals surface area contributed by atoms with Gasteiger partial charge in [-0.3, -0.25) is 4.90 Å². The van der Waals surface area contributed by atoms with Crippen LogP contribution in [0.3, 0.4) is 0 Å². The van der Waals surface area contributed by atoms with Crippen LogP contribution in [-0.4, -0.2) is 39.4 Å². The zero-order valence-electron chi connectivity index (χ0n) is 14.7. The number of hydrogen-bond acceptors (Lipinski definition) is 7. The number of hydrogen-bond donors (Lipinski definition) is 0. The molecule has 8 heteroatoms. The van der Waals surface area contributed by atoms with Crippen LogP contribution in [0.4, 0.5) is 0 Å². The lowest BCUT2D eigenvalue weighted by atomic mass is 10.1. The number of pyridine rings is 1. The SMILES string of the molecule is CSc1ncc2c(n1)CCN(Cc1cc3cc4c(cc3nc1Cl)OCO4)C2. The largest absolute Gasteiger partial charge is 0.454 e. The van der Waals surface area contributed by atoms with E-state index in [0.29, 0.717) is 5.15 Å². The van der Waals surface area contributed by atoms with Gasteiger partial charge in [0, 0.05) is 54.8 Å². The van der Waals surface area contributed by atoms with Crippen molar-refractivity contribution in [1.82, 2.24) is 19.9 Å². The minimum atomic E-state index is 0.250. The summed E-state index contributed by atoms with van der Waals surface area (Å²) in [5.74, 6) is 1.47. The summed E-state index contributed by atoms with van der Waals surface area (Å²) >= 11 is 8.05. The molecule has 0 unspecified atom stereocenters. The van der Waals surface area contributed by atoms with Crippen LogP contribution in [0.2, 0.25) is 5.15 Å². The van der Waals surface area contributed by atoms with Crippen molar-refractivity contribution in [2.24, 2.45) is 0 Å². The average Bonchev–Trinajstić information content (AvgIpc) is 3.13. The predicted octanol–water partition coefficient (Wildman–Crippen LogP) is 3.69. The number of halogens is 1. The zero-order chi connectivity index (χ0) is 18.4. The Hall–Kier alpha value is -2.09. The standard InChI is InChI=1S/C19H17ClN4O2S/c1-27-19-21-7-13-9-24(3-2-14(13)23-19)8-12-4-11-5-16-17(26-10-25-16)6-15(11)22-18(12)20/h4-7H,2-3,8-10H2,1H3. The van der Waals surface area contributed by atoms with Gasteiger partial charge in [-0.25, -0.2) is 15.0 Å². The Bertz CT molecular complexity index is 1050. The molecule has 2 aromatic heterocycles. The molecule has 6 nitrogen and oxygen atoms in total. The van der Waals surface area contributed by atoms with Crippen molar-refractivity contribution >= 4 is 34.3 Å². The fraction of sp³-hybridized carbons (Fsp3) is 0.316. The van der Waals surface area contributed by atoms with E-state index in [9.17, 15) is 0 Å². The molecule has 0 fully saturated rings. The Labute approximate surface area is 165 Å². The molecule has 138 valence electrons. The Balaban J connectivity index is 1.41. The molecule has 3 aromatic rings. The zero-order valence-corrected chi connectivity index (χ0v) is 16.3. The van der Waals surface area contributed by atoms with Crippen LogP contribution in [0, 0.1) is 0 Å². The highest BCUT2D eigenvalue weighted by Crippen LogP contribution is 2.36. The molecule has 0 aliphatic carbocycles. The molecule has 5 rings (SSSR count). The first-order chi connectivity index (χ1) is 13.2. The van der Waals surface area contributed by atoms with E-state index in [-0.39, 0.29) is 6.79 Å². The fourth-order valence-electron chi connectivity index (χ4n) is 3.53.